The average Bonchev–Trinajstić information content (AvgIpc) is 3.14. The highest BCUT2D eigenvalue weighted by molar-refractivity contribution is 7.89. The van der Waals surface area contributed by atoms with Gasteiger partial charge in [-0.1, -0.05) is 13.0 Å². The van der Waals surface area contributed by atoms with Crippen molar-refractivity contribution >= 4 is 21.7 Å². The highest BCUT2D eigenvalue weighted by Crippen LogP contribution is 2.34. The molecule has 0 bridgehead atoms. The quantitative estimate of drug-likeness (QED) is 0.507. The van der Waals surface area contributed by atoms with Crippen molar-refractivity contribution in [3.05, 3.63) is 53.2 Å². The fraction of sp³-hybridized carbons (Fsp3) is 0.520. The van der Waals surface area contributed by atoms with E-state index in [1.807, 2.05) is 0 Å². The molecule has 12 heteroatoms. The van der Waals surface area contributed by atoms with E-state index in [9.17, 15) is 22.0 Å². The van der Waals surface area contributed by atoms with Crippen LogP contribution in [0.25, 0.3) is 0 Å². The molecule has 202 valence electrons. The van der Waals surface area contributed by atoms with Crippen LogP contribution in [0.4, 0.5) is 14.6 Å². The molecule has 0 spiro atoms. The summed E-state index contributed by atoms with van der Waals surface area (Å²) in [6.07, 6.45) is 2.43. The summed E-state index contributed by atoms with van der Waals surface area (Å²) in [6.45, 7) is 7.18. The lowest BCUT2D eigenvalue weighted by molar-refractivity contribution is -0.127. The van der Waals surface area contributed by atoms with Crippen molar-refractivity contribution in [1.82, 2.24) is 19.5 Å². The third-order valence-electron chi connectivity index (χ3n) is 6.97. The summed E-state index contributed by atoms with van der Waals surface area (Å²) in [6, 6.07) is 3.49. The van der Waals surface area contributed by atoms with E-state index in [2.05, 4.69) is 26.8 Å². The number of aromatic nitrogens is 1. The largest absolute Gasteiger partial charge is 0.378 e. The molecule has 3 atom stereocenters. The topological polar surface area (TPSA) is 104 Å². The average molecular weight is 538 g/mol. The van der Waals surface area contributed by atoms with Crippen LogP contribution in [0, 0.1) is 18.6 Å². The first-order valence-corrected chi connectivity index (χ1v) is 13.8. The van der Waals surface area contributed by atoms with Gasteiger partial charge in [0.05, 0.1) is 25.3 Å². The molecule has 2 saturated heterocycles. The van der Waals surface area contributed by atoms with Crippen LogP contribution in [0.2, 0.25) is 0 Å². The number of benzene rings is 1. The van der Waals surface area contributed by atoms with E-state index >= 15 is 0 Å². The molecule has 2 aromatic rings. The Morgan fingerprint density at radius 3 is 2.73 bits per heavy atom. The van der Waals surface area contributed by atoms with E-state index in [-0.39, 0.29) is 23.0 Å². The van der Waals surface area contributed by atoms with E-state index in [4.69, 9.17) is 4.74 Å². The second kappa shape index (κ2) is 11.4. The zero-order valence-electron chi connectivity index (χ0n) is 21.2. The van der Waals surface area contributed by atoms with Crippen molar-refractivity contribution in [3.8, 4) is 0 Å². The van der Waals surface area contributed by atoms with Crippen molar-refractivity contribution in [1.29, 1.82) is 0 Å². The summed E-state index contributed by atoms with van der Waals surface area (Å²) < 4.78 is 62.7. The van der Waals surface area contributed by atoms with Gasteiger partial charge in [-0.25, -0.2) is 26.9 Å². The van der Waals surface area contributed by atoms with Gasteiger partial charge in [-0.3, -0.25) is 9.69 Å². The molecule has 0 radical (unpaired) electrons. The molecule has 4 rings (SSSR count). The number of sulfonamides is 1. The molecule has 2 aliphatic heterocycles. The Bertz CT molecular complexity index is 1250. The summed E-state index contributed by atoms with van der Waals surface area (Å²) in [5.41, 5.74) is 0.957. The smallest absolute Gasteiger partial charge is 0.244 e. The summed E-state index contributed by atoms with van der Waals surface area (Å²) in [5, 5.41) is 3.16. The second-order valence-corrected chi connectivity index (χ2v) is 11.2. The summed E-state index contributed by atoms with van der Waals surface area (Å²) in [4.78, 5) is 20.4. The van der Waals surface area contributed by atoms with Crippen LogP contribution in [0.1, 0.15) is 36.9 Å². The van der Waals surface area contributed by atoms with Crippen molar-refractivity contribution in [2.24, 2.45) is 0 Å². The number of pyridine rings is 1. The number of anilines is 1. The molecule has 2 fully saturated rings. The predicted octanol–water partition coefficient (Wildman–Crippen LogP) is 2.44. The zero-order chi connectivity index (χ0) is 26.7. The Morgan fingerprint density at radius 1 is 1.22 bits per heavy atom. The van der Waals surface area contributed by atoms with Gasteiger partial charge in [0, 0.05) is 45.3 Å². The molecule has 2 aliphatic rings. The molecule has 3 heterocycles. The van der Waals surface area contributed by atoms with Gasteiger partial charge in [-0.05, 0) is 42.7 Å². The molecule has 1 aromatic carbocycles. The first-order chi connectivity index (χ1) is 17.6. The Labute approximate surface area is 216 Å². The molecule has 9 nitrogen and oxygen atoms in total. The summed E-state index contributed by atoms with van der Waals surface area (Å²) in [7, 11) is -2.62. The number of rotatable bonds is 9. The number of hydrogen-bond donors (Lipinski definition) is 2. The van der Waals surface area contributed by atoms with Gasteiger partial charge >= 0.3 is 0 Å². The first-order valence-electron chi connectivity index (χ1n) is 12.4. The van der Waals surface area contributed by atoms with E-state index in [0.29, 0.717) is 43.5 Å². The van der Waals surface area contributed by atoms with Gasteiger partial charge in [0.1, 0.15) is 10.7 Å². The molecule has 37 heavy (non-hydrogen) atoms. The second-order valence-electron chi connectivity index (χ2n) is 9.51. The lowest BCUT2D eigenvalue weighted by atomic mass is 10.0. The van der Waals surface area contributed by atoms with Crippen LogP contribution in [-0.4, -0.2) is 81.1 Å². The van der Waals surface area contributed by atoms with Crippen LogP contribution < -0.4 is 10.0 Å². The van der Waals surface area contributed by atoms with E-state index in [0.717, 1.165) is 25.1 Å². The van der Waals surface area contributed by atoms with E-state index in [1.165, 1.54) is 24.1 Å². The van der Waals surface area contributed by atoms with Crippen molar-refractivity contribution in [2.45, 2.75) is 49.7 Å². The maximum Gasteiger partial charge on any atom is 0.244 e. The first kappa shape index (κ1) is 27.4. The monoisotopic (exact) mass is 537 g/mol. The standard InChI is InChI=1S/C25H33F2N5O4S/c1-4-18-15-36-10-9-32(18)8-7-28-25-22(11-16(2)14-29-25)37(34,35)30-21-13-23(33)31(3)24(21)17-5-6-19(26)20(27)12-17/h5-6,11-12,14,18,21,24,30H,4,7-10,13,15H2,1-3H3,(H,28,29)/t18?,21-,24+/m1/s1. The van der Waals surface area contributed by atoms with Crippen LogP contribution in [0.3, 0.4) is 0 Å². The highest BCUT2D eigenvalue weighted by Gasteiger charge is 2.41. The zero-order valence-corrected chi connectivity index (χ0v) is 22.0. The third-order valence-corrected chi connectivity index (χ3v) is 8.47. The Hall–Kier alpha value is -2.67. The molecule has 1 amide bonds. The molecular weight excluding hydrogens is 504 g/mol. The lowest BCUT2D eigenvalue weighted by Crippen LogP contribution is -2.46. The van der Waals surface area contributed by atoms with Gasteiger partial charge < -0.3 is 15.0 Å². The maximum atomic E-state index is 13.9. The number of ether oxygens (including phenoxy) is 1. The third kappa shape index (κ3) is 6.08. The number of carbonyl (C=O) groups is 1. The summed E-state index contributed by atoms with van der Waals surface area (Å²) >= 11 is 0. The van der Waals surface area contributed by atoms with Crippen LogP contribution >= 0.6 is 0 Å². The number of morpholine rings is 1. The lowest BCUT2D eigenvalue weighted by Gasteiger charge is -2.35. The number of likely N-dealkylation sites (N-methyl/N-ethyl adjacent to an activating group) is 1. The van der Waals surface area contributed by atoms with Gasteiger partial charge in [0.25, 0.3) is 0 Å². The van der Waals surface area contributed by atoms with Gasteiger partial charge in [-0.2, -0.15) is 0 Å². The van der Waals surface area contributed by atoms with Gasteiger partial charge in [-0.15, -0.1) is 0 Å². The molecule has 0 aliphatic carbocycles. The minimum atomic E-state index is -4.13. The number of nitrogens with zero attached hydrogens (tertiary/aromatic N) is 3. The van der Waals surface area contributed by atoms with Gasteiger partial charge in [0.2, 0.25) is 15.9 Å². The Kier molecular flexibility index (Phi) is 8.42. The van der Waals surface area contributed by atoms with Crippen molar-refractivity contribution in [2.75, 3.05) is 45.2 Å². The highest BCUT2D eigenvalue weighted by atomic mass is 32.2. The fourth-order valence-electron chi connectivity index (χ4n) is 4.95. The van der Waals surface area contributed by atoms with E-state index in [1.54, 1.807) is 13.1 Å². The van der Waals surface area contributed by atoms with Gasteiger partial charge in [0.15, 0.2) is 11.6 Å². The number of aryl methyl sites for hydroxylation is 1. The summed E-state index contributed by atoms with van der Waals surface area (Å²) in [5.74, 6) is -2.18. The Morgan fingerprint density at radius 2 is 2.00 bits per heavy atom. The SMILES string of the molecule is CCC1COCCN1CCNc1ncc(C)cc1S(=O)(=O)N[C@@H]1CC(=O)N(C)[C@H]1c1ccc(F)c(F)c1. The minimum Gasteiger partial charge on any atom is -0.378 e. The fourth-order valence-corrected chi connectivity index (χ4v) is 6.41. The predicted molar refractivity (Wildman–Crippen MR) is 135 cm³/mol. The molecule has 1 unspecified atom stereocenters. The molecular formula is C25H33F2N5O4S. The normalized spacial score (nSPS) is 23.0. The van der Waals surface area contributed by atoms with Crippen molar-refractivity contribution < 1.29 is 26.7 Å². The number of likely N-dealkylation sites (tertiary alicyclic amines) is 1. The van der Waals surface area contributed by atoms with Crippen LogP contribution in [0.5, 0.6) is 0 Å². The number of halogens is 2. The molecule has 0 saturated carbocycles. The number of hydrogen-bond acceptors (Lipinski definition) is 7. The number of nitrogens with one attached hydrogen (secondary N) is 2. The molecule has 2 N–H and O–H groups in total. The minimum absolute atomic E-state index is 0.0347. The van der Waals surface area contributed by atoms with Crippen molar-refractivity contribution in [3.63, 3.8) is 0 Å². The van der Waals surface area contributed by atoms with Crippen LogP contribution in [-0.2, 0) is 19.6 Å². The van der Waals surface area contributed by atoms with Crippen LogP contribution in [0.15, 0.2) is 35.4 Å². The van der Waals surface area contributed by atoms with E-state index < -0.39 is 33.7 Å². The number of amides is 1. The molecule has 1 aromatic heterocycles. The Balaban J connectivity index is 1.53. The maximum absolute atomic E-state index is 13.9. The number of carbonyl (C=O) groups excluding carboxylic acids is 1.